The van der Waals surface area contributed by atoms with Crippen LogP contribution in [-0.4, -0.2) is 19.3 Å². The summed E-state index contributed by atoms with van der Waals surface area (Å²) >= 11 is 3.46. The minimum atomic E-state index is 0.388. The first-order chi connectivity index (χ1) is 8.16. The van der Waals surface area contributed by atoms with Crippen LogP contribution in [0.5, 0.6) is 0 Å². The molecule has 1 aliphatic rings. The van der Waals surface area contributed by atoms with Crippen molar-refractivity contribution in [3.05, 3.63) is 34.3 Å². The topological polar surface area (TPSA) is 21.3 Å². The van der Waals surface area contributed by atoms with E-state index in [1.54, 1.807) is 0 Å². The van der Waals surface area contributed by atoms with Gasteiger partial charge < -0.3 is 10.1 Å². The van der Waals surface area contributed by atoms with E-state index in [-0.39, 0.29) is 0 Å². The lowest BCUT2D eigenvalue weighted by Crippen LogP contribution is -2.35. The second-order valence-electron chi connectivity index (χ2n) is 4.85. The molecular weight excluding hydrogens is 278 g/mol. The zero-order chi connectivity index (χ0) is 12.3. The third-order valence-corrected chi connectivity index (χ3v) is 4.08. The molecule has 1 fully saturated rings. The molecule has 0 aromatic heterocycles. The molecule has 0 bridgehead atoms. The maximum Gasteiger partial charge on any atom is 0.0509 e. The van der Waals surface area contributed by atoms with E-state index in [9.17, 15) is 0 Å². The van der Waals surface area contributed by atoms with Gasteiger partial charge in [-0.3, -0.25) is 0 Å². The van der Waals surface area contributed by atoms with Crippen molar-refractivity contribution in [2.75, 3.05) is 13.2 Å². The number of hydrogen-bond acceptors (Lipinski definition) is 2. The number of ether oxygens (including phenoxy) is 1. The summed E-state index contributed by atoms with van der Waals surface area (Å²) in [5.41, 5.74) is 1.33. The summed E-state index contributed by atoms with van der Waals surface area (Å²) in [4.78, 5) is 0. The first-order valence-electron chi connectivity index (χ1n) is 6.26. The van der Waals surface area contributed by atoms with Crippen LogP contribution in [0.2, 0.25) is 0 Å². The van der Waals surface area contributed by atoms with Crippen LogP contribution in [0.1, 0.15) is 31.9 Å². The van der Waals surface area contributed by atoms with E-state index in [0.717, 1.165) is 17.7 Å². The lowest BCUT2D eigenvalue weighted by atomic mass is 9.98. The summed E-state index contributed by atoms with van der Waals surface area (Å²) in [5, 5.41) is 3.66. The van der Waals surface area contributed by atoms with E-state index in [1.165, 1.54) is 12.0 Å². The second-order valence-corrected chi connectivity index (χ2v) is 5.77. The van der Waals surface area contributed by atoms with Crippen LogP contribution < -0.4 is 5.32 Å². The minimum absolute atomic E-state index is 0.388. The van der Waals surface area contributed by atoms with Crippen molar-refractivity contribution < 1.29 is 4.74 Å². The van der Waals surface area contributed by atoms with Gasteiger partial charge in [0.25, 0.3) is 0 Å². The highest BCUT2D eigenvalue weighted by Gasteiger charge is 2.23. The average molecular weight is 298 g/mol. The maximum atomic E-state index is 5.44. The maximum absolute atomic E-state index is 5.44. The number of hydrogen-bond donors (Lipinski definition) is 1. The van der Waals surface area contributed by atoms with Gasteiger partial charge in [-0.15, -0.1) is 0 Å². The van der Waals surface area contributed by atoms with Crippen molar-refractivity contribution in [3.8, 4) is 0 Å². The number of rotatable bonds is 4. The van der Waals surface area contributed by atoms with Crippen LogP contribution in [0, 0.1) is 5.92 Å². The molecule has 2 nitrogen and oxygen atoms in total. The number of benzene rings is 1. The molecule has 17 heavy (non-hydrogen) atoms. The molecule has 1 aromatic carbocycles. The predicted octanol–water partition coefficient (Wildman–Crippen LogP) is 3.52. The fraction of sp³-hybridized carbons (Fsp3) is 0.571. The van der Waals surface area contributed by atoms with Gasteiger partial charge in [-0.2, -0.15) is 0 Å². The standard InChI is InChI=1S/C14H20BrNO/c1-10(12-3-5-14(15)6-4-12)16-11(2)13-7-8-17-9-13/h3-6,10-11,13,16H,7-9H2,1-2H3/t10-,11?,13?/m0/s1. The Morgan fingerprint density at radius 1 is 1.29 bits per heavy atom. The van der Waals surface area contributed by atoms with Gasteiger partial charge in [-0.05, 0) is 43.9 Å². The van der Waals surface area contributed by atoms with Crippen LogP contribution in [0.3, 0.4) is 0 Å². The molecular formula is C14H20BrNO. The van der Waals surface area contributed by atoms with Gasteiger partial charge >= 0.3 is 0 Å². The molecule has 0 spiro atoms. The Morgan fingerprint density at radius 2 is 2.00 bits per heavy atom. The molecule has 1 N–H and O–H groups in total. The summed E-state index contributed by atoms with van der Waals surface area (Å²) in [7, 11) is 0. The number of halogens is 1. The van der Waals surface area contributed by atoms with Crippen LogP contribution in [0.25, 0.3) is 0 Å². The monoisotopic (exact) mass is 297 g/mol. The van der Waals surface area contributed by atoms with Gasteiger partial charge in [0, 0.05) is 23.2 Å². The Hall–Kier alpha value is -0.380. The fourth-order valence-electron chi connectivity index (χ4n) is 2.33. The Balaban J connectivity index is 1.91. The van der Waals surface area contributed by atoms with Crippen LogP contribution in [-0.2, 0) is 4.74 Å². The molecule has 3 atom stereocenters. The molecule has 0 amide bonds. The Morgan fingerprint density at radius 3 is 2.59 bits per heavy atom. The van der Waals surface area contributed by atoms with E-state index < -0.39 is 0 Å². The molecule has 1 aliphatic heterocycles. The predicted molar refractivity (Wildman–Crippen MR) is 74.1 cm³/mol. The van der Waals surface area contributed by atoms with Crippen molar-refractivity contribution in [3.63, 3.8) is 0 Å². The van der Waals surface area contributed by atoms with Gasteiger partial charge in [0.2, 0.25) is 0 Å². The van der Waals surface area contributed by atoms with Gasteiger partial charge in [-0.25, -0.2) is 0 Å². The molecule has 3 heteroatoms. The van der Waals surface area contributed by atoms with Crippen molar-refractivity contribution in [1.29, 1.82) is 0 Å². The summed E-state index contributed by atoms with van der Waals surface area (Å²) in [6.45, 7) is 6.30. The molecule has 94 valence electrons. The van der Waals surface area contributed by atoms with Crippen LogP contribution in [0.4, 0.5) is 0 Å². The summed E-state index contributed by atoms with van der Waals surface area (Å²) in [5.74, 6) is 0.660. The van der Waals surface area contributed by atoms with Gasteiger partial charge in [-0.1, -0.05) is 28.1 Å². The molecule has 1 heterocycles. The first-order valence-corrected chi connectivity index (χ1v) is 7.05. The lowest BCUT2D eigenvalue weighted by molar-refractivity contribution is 0.177. The van der Waals surface area contributed by atoms with E-state index in [1.807, 2.05) is 0 Å². The van der Waals surface area contributed by atoms with Gasteiger partial charge in [0.05, 0.1) is 6.61 Å². The third-order valence-electron chi connectivity index (χ3n) is 3.55. The molecule has 0 aliphatic carbocycles. The Bertz CT molecular complexity index is 346. The minimum Gasteiger partial charge on any atom is -0.381 e. The molecule has 2 unspecified atom stereocenters. The largest absolute Gasteiger partial charge is 0.381 e. The van der Waals surface area contributed by atoms with Crippen LogP contribution >= 0.6 is 15.9 Å². The molecule has 1 aromatic rings. The van der Waals surface area contributed by atoms with Gasteiger partial charge in [0.15, 0.2) is 0 Å². The lowest BCUT2D eigenvalue weighted by Gasteiger charge is -2.24. The van der Waals surface area contributed by atoms with Crippen molar-refractivity contribution in [1.82, 2.24) is 5.32 Å². The zero-order valence-corrected chi connectivity index (χ0v) is 12.0. The first kappa shape index (κ1) is 13.1. The van der Waals surface area contributed by atoms with E-state index >= 15 is 0 Å². The van der Waals surface area contributed by atoms with Crippen molar-refractivity contribution >= 4 is 15.9 Å². The summed E-state index contributed by atoms with van der Waals surface area (Å²) in [6, 6.07) is 9.42. The fourth-order valence-corrected chi connectivity index (χ4v) is 2.59. The SMILES string of the molecule is CC(N[C@@H](C)c1ccc(Br)cc1)C1CCOC1. The van der Waals surface area contributed by atoms with E-state index in [0.29, 0.717) is 18.0 Å². The summed E-state index contributed by atoms with van der Waals surface area (Å²) < 4.78 is 6.57. The second kappa shape index (κ2) is 5.98. The molecule has 0 radical (unpaired) electrons. The average Bonchev–Trinajstić information content (AvgIpc) is 2.83. The van der Waals surface area contributed by atoms with Gasteiger partial charge in [0.1, 0.15) is 0 Å². The van der Waals surface area contributed by atoms with E-state index in [2.05, 4.69) is 59.4 Å². The third kappa shape index (κ3) is 3.54. The highest BCUT2D eigenvalue weighted by atomic mass is 79.9. The van der Waals surface area contributed by atoms with E-state index in [4.69, 9.17) is 4.74 Å². The highest BCUT2D eigenvalue weighted by Crippen LogP contribution is 2.21. The van der Waals surface area contributed by atoms with Crippen LogP contribution in [0.15, 0.2) is 28.7 Å². The smallest absolute Gasteiger partial charge is 0.0509 e. The summed E-state index contributed by atoms with van der Waals surface area (Å²) in [6.07, 6.45) is 1.18. The number of nitrogens with one attached hydrogen (secondary N) is 1. The van der Waals surface area contributed by atoms with Crippen molar-refractivity contribution in [2.45, 2.75) is 32.4 Å². The Labute approximate surface area is 112 Å². The highest BCUT2D eigenvalue weighted by molar-refractivity contribution is 9.10. The Kier molecular flexibility index (Phi) is 4.60. The molecule has 1 saturated heterocycles. The normalized spacial score (nSPS) is 23.6. The molecule has 0 saturated carbocycles. The zero-order valence-electron chi connectivity index (χ0n) is 10.4. The van der Waals surface area contributed by atoms with Crippen molar-refractivity contribution in [2.24, 2.45) is 5.92 Å². The quantitative estimate of drug-likeness (QED) is 0.918. The molecule has 2 rings (SSSR count).